The highest BCUT2D eigenvalue weighted by Crippen LogP contribution is 2.30. The molecule has 0 heterocycles. The molecule has 0 spiro atoms. The number of methoxy groups -OCH3 is 1. The van der Waals surface area contributed by atoms with E-state index in [4.69, 9.17) is 14.2 Å². The van der Waals surface area contributed by atoms with Crippen LogP contribution in [-0.2, 0) is 34.0 Å². The number of hydrogen-bond acceptors (Lipinski definition) is 5. The molecule has 3 aromatic rings. The number of benzene rings is 3. The minimum Gasteiger partial charge on any atom is -0.485 e. The summed E-state index contributed by atoms with van der Waals surface area (Å²) in [7, 11) is 1.31. The first kappa shape index (κ1) is 24.8. The molecule has 0 aromatic heterocycles. The van der Waals surface area contributed by atoms with Crippen molar-refractivity contribution in [1.82, 2.24) is 5.32 Å². The van der Waals surface area contributed by atoms with Gasteiger partial charge in [0, 0.05) is 12.3 Å². The fourth-order valence-corrected chi connectivity index (χ4v) is 3.29. The van der Waals surface area contributed by atoms with Crippen molar-refractivity contribution in [2.24, 2.45) is 5.92 Å². The average Bonchev–Trinajstić information content (AvgIpc) is 2.87. The van der Waals surface area contributed by atoms with Crippen LogP contribution in [0.15, 0.2) is 78.9 Å². The van der Waals surface area contributed by atoms with Crippen LogP contribution in [0.5, 0.6) is 11.5 Å². The normalized spacial score (nSPS) is 11.5. The molecule has 0 fully saturated rings. The maximum absolute atomic E-state index is 12.3. The summed E-state index contributed by atoms with van der Waals surface area (Å²) in [5, 5.41) is 2.77. The fraction of sp³-hybridized carbons (Fsp3) is 0.286. The number of esters is 1. The molecule has 0 aliphatic heterocycles. The Morgan fingerprint density at radius 3 is 1.85 bits per heavy atom. The van der Waals surface area contributed by atoms with Gasteiger partial charge in [-0.25, -0.2) is 4.79 Å². The Labute approximate surface area is 200 Å². The molecule has 0 aliphatic rings. The van der Waals surface area contributed by atoms with Crippen molar-refractivity contribution < 1.29 is 23.8 Å². The van der Waals surface area contributed by atoms with Crippen molar-refractivity contribution in [3.05, 3.63) is 95.6 Å². The Hall–Kier alpha value is -3.80. The lowest BCUT2D eigenvalue weighted by Crippen LogP contribution is -2.44. The third-order valence-corrected chi connectivity index (χ3v) is 5.25. The predicted octanol–water partition coefficient (Wildman–Crippen LogP) is 4.70. The SMILES string of the molecule is COC(=O)[C@@H](Cc1ccc(OCc2ccccc2)c(OCc2ccccc2)c1)NC(=O)C(C)C. The zero-order valence-electron chi connectivity index (χ0n) is 19.8. The highest BCUT2D eigenvalue weighted by Gasteiger charge is 2.24. The van der Waals surface area contributed by atoms with Crippen LogP contribution in [0.4, 0.5) is 0 Å². The summed E-state index contributed by atoms with van der Waals surface area (Å²) in [6.45, 7) is 4.32. The molecule has 0 radical (unpaired) electrons. The summed E-state index contributed by atoms with van der Waals surface area (Å²) in [4.78, 5) is 24.5. The Balaban J connectivity index is 1.80. The number of rotatable bonds is 11. The molecule has 3 rings (SSSR count). The van der Waals surface area contributed by atoms with Gasteiger partial charge in [-0.05, 0) is 28.8 Å². The molecule has 6 heteroatoms. The zero-order valence-corrected chi connectivity index (χ0v) is 19.8. The van der Waals surface area contributed by atoms with Crippen LogP contribution in [0, 0.1) is 5.92 Å². The number of hydrogen-bond donors (Lipinski definition) is 1. The van der Waals surface area contributed by atoms with E-state index < -0.39 is 12.0 Å². The van der Waals surface area contributed by atoms with E-state index in [1.807, 2.05) is 78.9 Å². The second-order valence-corrected chi connectivity index (χ2v) is 8.27. The molecule has 1 amide bonds. The fourth-order valence-electron chi connectivity index (χ4n) is 3.29. The van der Waals surface area contributed by atoms with E-state index >= 15 is 0 Å². The van der Waals surface area contributed by atoms with E-state index in [1.54, 1.807) is 13.8 Å². The molecule has 0 saturated carbocycles. The van der Waals surface area contributed by atoms with Gasteiger partial charge in [-0.3, -0.25) is 4.79 Å². The van der Waals surface area contributed by atoms with Crippen molar-refractivity contribution in [2.75, 3.05) is 7.11 Å². The molecule has 6 nitrogen and oxygen atoms in total. The van der Waals surface area contributed by atoms with Crippen LogP contribution >= 0.6 is 0 Å². The zero-order chi connectivity index (χ0) is 24.3. The smallest absolute Gasteiger partial charge is 0.328 e. The Kier molecular flexibility index (Phi) is 9.09. The number of ether oxygens (including phenoxy) is 3. The van der Waals surface area contributed by atoms with Crippen molar-refractivity contribution in [3.8, 4) is 11.5 Å². The van der Waals surface area contributed by atoms with Gasteiger partial charge in [-0.15, -0.1) is 0 Å². The Morgan fingerprint density at radius 2 is 1.32 bits per heavy atom. The maximum Gasteiger partial charge on any atom is 0.328 e. The van der Waals surface area contributed by atoms with Gasteiger partial charge >= 0.3 is 5.97 Å². The van der Waals surface area contributed by atoms with Gasteiger partial charge < -0.3 is 19.5 Å². The van der Waals surface area contributed by atoms with Gasteiger partial charge in [-0.2, -0.15) is 0 Å². The van der Waals surface area contributed by atoms with Crippen LogP contribution in [-0.4, -0.2) is 25.0 Å². The monoisotopic (exact) mass is 461 g/mol. The van der Waals surface area contributed by atoms with Crippen LogP contribution in [0.1, 0.15) is 30.5 Å². The minimum atomic E-state index is -0.794. The highest BCUT2D eigenvalue weighted by molar-refractivity contribution is 5.85. The molecule has 1 atom stereocenters. The largest absolute Gasteiger partial charge is 0.485 e. The lowest BCUT2D eigenvalue weighted by Gasteiger charge is -2.19. The first-order valence-corrected chi connectivity index (χ1v) is 11.3. The standard InChI is InChI=1S/C28H31NO5/c1-20(2)27(30)29-24(28(31)32-3)16-23-14-15-25(33-18-21-10-6-4-7-11-21)26(17-23)34-19-22-12-8-5-9-13-22/h4-15,17,20,24H,16,18-19H2,1-3H3,(H,29,30)/t24-/m1/s1. The van der Waals surface area contributed by atoms with Gasteiger partial charge in [-0.1, -0.05) is 80.6 Å². The molecule has 0 bridgehead atoms. The van der Waals surface area contributed by atoms with E-state index in [9.17, 15) is 9.59 Å². The van der Waals surface area contributed by atoms with Gasteiger partial charge in [0.1, 0.15) is 19.3 Å². The third-order valence-electron chi connectivity index (χ3n) is 5.25. The number of nitrogens with one attached hydrogen (secondary N) is 1. The van der Waals surface area contributed by atoms with Gasteiger partial charge in [0.15, 0.2) is 11.5 Å². The first-order valence-electron chi connectivity index (χ1n) is 11.3. The van der Waals surface area contributed by atoms with E-state index in [1.165, 1.54) is 7.11 Å². The molecule has 178 valence electrons. The summed E-state index contributed by atoms with van der Waals surface area (Å²) in [5.74, 6) is 0.218. The van der Waals surface area contributed by atoms with Crippen LogP contribution < -0.4 is 14.8 Å². The van der Waals surface area contributed by atoms with Crippen molar-refractivity contribution >= 4 is 11.9 Å². The summed E-state index contributed by atoms with van der Waals surface area (Å²) >= 11 is 0. The Morgan fingerprint density at radius 1 is 0.765 bits per heavy atom. The summed E-state index contributed by atoms with van der Waals surface area (Å²) in [5.41, 5.74) is 2.89. The molecular formula is C28H31NO5. The number of amides is 1. The summed E-state index contributed by atoms with van der Waals surface area (Å²) < 4.78 is 17.1. The highest BCUT2D eigenvalue weighted by atomic mass is 16.5. The Bertz CT molecular complexity index is 1070. The van der Waals surface area contributed by atoms with E-state index in [0.717, 1.165) is 16.7 Å². The quantitative estimate of drug-likeness (QED) is 0.419. The molecule has 0 saturated heterocycles. The first-order chi connectivity index (χ1) is 16.5. The lowest BCUT2D eigenvalue weighted by molar-refractivity contribution is -0.145. The topological polar surface area (TPSA) is 73.9 Å². The molecular weight excluding hydrogens is 430 g/mol. The summed E-state index contributed by atoms with van der Waals surface area (Å²) in [6.07, 6.45) is 0.270. The molecule has 3 aromatic carbocycles. The third kappa shape index (κ3) is 7.37. The predicted molar refractivity (Wildman–Crippen MR) is 130 cm³/mol. The molecule has 0 aliphatic carbocycles. The van der Waals surface area contributed by atoms with Gasteiger partial charge in [0.25, 0.3) is 0 Å². The van der Waals surface area contributed by atoms with Crippen molar-refractivity contribution in [1.29, 1.82) is 0 Å². The second-order valence-electron chi connectivity index (χ2n) is 8.27. The molecule has 1 N–H and O–H groups in total. The molecule has 0 unspecified atom stereocenters. The van der Waals surface area contributed by atoms with E-state index in [2.05, 4.69) is 5.32 Å². The van der Waals surface area contributed by atoms with Gasteiger partial charge in [0.2, 0.25) is 5.91 Å². The number of carbonyl (C=O) groups excluding carboxylic acids is 2. The van der Waals surface area contributed by atoms with Crippen molar-refractivity contribution in [2.45, 2.75) is 39.5 Å². The van der Waals surface area contributed by atoms with Gasteiger partial charge in [0.05, 0.1) is 7.11 Å². The minimum absolute atomic E-state index is 0.209. The average molecular weight is 462 g/mol. The lowest BCUT2D eigenvalue weighted by atomic mass is 10.0. The van der Waals surface area contributed by atoms with Crippen LogP contribution in [0.3, 0.4) is 0 Å². The van der Waals surface area contributed by atoms with E-state index in [0.29, 0.717) is 24.7 Å². The second kappa shape index (κ2) is 12.4. The van der Waals surface area contributed by atoms with Crippen LogP contribution in [0.2, 0.25) is 0 Å². The summed E-state index contributed by atoms with van der Waals surface area (Å²) in [6, 6.07) is 24.5. The molecule has 34 heavy (non-hydrogen) atoms. The number of carbonyl (C=O) groups is 2. The van der Waals surface area contributed by atoms with Crippen molar-refractivity contribution in [3.63, 3.8) is 0 Å². The maximum atomic E-state index is 12.3. The van der Waals surface area contributed by atoms with E-state index in [-0.39, 0.29) is 18.2 Å². The van der Waals surface area contributed by atoms with Crippen LogP contribution in [0.25, 0.3) is 0 Å².